The molecule has 0 aromatic carbocycles. The fourth-order valence-electron chi connectivity index (χ4n) is 1.45. The molecule has 0 saturated heterocycles. The topological polar surface area (TPSA) is 16.1 Å². The lowest BCUT2D eigenvalue weighted by Gasteiger charge is -2.21. The zero-order chi connectivity index (χ0) is 10.9. The van der Waals surface area contributed by atoms with E-state index in [0.717, 1.165) is 5.82 Å². The van der Waals surface area contributed by atoms with Crippen LogP contribution in [-0.4, -0.2) is 19.1 Å². The Labute approximate surface area is 87.0 Å². The van der Waals surface area contributed by atoms with Crippen molar-refractivity contribution in [1.29, 1.82) is 0 Å². The van der Waals surface area contributed by atoms with Crippen LogP contribution in [0, 0.1) is 6.92 Å². The van der Waals surface area contributed by atoms with Crippen LogP contribution in [0.15, 0.2) is 12.3 Å². The van der Waals surface area contributed by atoms with Crippen molar-refractivity contribution in [2.45, 2.75) is 33.1 Å². The van der Waals surface area contributed by atoms with E-state index in [1.54, 1.807) is 0 Å². The van der Waals surface area contributed by atoms with Gasteiger partial charge in [0.2, 0.25) is 0 Å². The first-order valence-corrected chi connectivity index (χ1v) is 4.97. The van der Waals surface area contributed by atoms with E-state index in [-0.39, 0.29) is 5.41 Å². The van der Waals surface area contributed by atoms with Gasteiger partial charge < -0.3 is 4.90 Å². The van der Waals surface area contributed by atoms with Crippen molar-refractivity contribution < 1.29 is 0 Å². The monoisotopic (exact) mass is 192 g/mol. The van der Waals surface area contributed by atoms with Crippen molar-refractivity contribution in [1.82, 2.24) is 4.98 Å². The molecule has 0 unspecified atom stereocenters. The summed E-state index contributed by atoms with van der Waals surface area (Å²) in [7, 11) is 4.04. The van der Waals surface area contributed by atoms with E-state index in [1.165, 1.54) is 11.1 Å². The molecule has 2 heteroatoms. The van der Waals surface area contributed by atoms with Gasteiger partial charge in [-0.15, -0.1) is 0 Å². The minimum atomic E-state index is 0.183. The highest BCUT2D eigenvalue weighted by Crippen LogP contribution is 2.25. The van der Waals surface area contributed by atoms with Gasteiger partial charge in [0.1, 0.15) is 5.82 Å². The van der Waals surface area contributed by atoms with E-state index in [2.05, 4.69) is 38.7 Å². The zero-order valence-electron chi connectivity index (χ0n) is 10.0. The van der Waals surface area contributed by atoms with Crippen LogP contribution in [-0.2, 0) is 5.41 Å². The Morgan fingerprint density at radius 3 is 2.14 bits per heavy atom. The molecule has 0 atom stereocenters. The summed E-state index contributed by atoms with van der Waals surface area (Å²) in [5.74, 6) is 1.05. The third-order valence-corrected chi connectivity index (χ3v) is 2.34. The molecular formula is C12H20N2. The van der Waals surface area contributed by atoms with Crippen LogP contribution in [0.25, 0.3) is 0 Å². The average molecular weight is 192 g/mol. The van der Waals surface area contributed by atoms with Crippen molar-refractivity contribution >= 4 is 5.82 Å². The normalized spacial score (nSPS) is 11.6. The number of hydrogen-bond acceptors (Lipinski definition) is 2. The molecule has 1 rings (SSSR count). The van der Waals surface area contributed by atoms with E-state index in [9.17, 15) is 0 Å². The Morgan fingerprint density at radius 1 is 1.21 bits per heavy atom. The molecule has 0 fully saturated rings. The Kier molecular flexibility index (Phi) is 2.84. The first-order valence-electron chi connectivity index (χ1n) is 4.97. The summed E-state index contributed by atoms with van der Waals surface area (Å²) in [6.45, 7) is 8.73. The first-order chi connectivity index (χ1) is 6.32. The van der Waals surface area contributed by atoms with Gasteiger partial charge in [0.25, 0.3) is 0 Å². The summed E-state index contributed by atoms with van der Waals surface area (Å²) in [4.78, 5) is 6.51. The van der Waals surface area contributed by atoms with Gasteiger partial charge in [0.05, 0.1) is 0 Å². The van der Waals surface area contributed by atoms with Gasteiger partial charge in [-0.25, -0.2) is 4.98 Å². The maximum Gasteiger partial charge on any atom is 0.130 e. The van der Waals surface area contributed by atoms with Gasteiger partial charge in [-0.2, -0.15) is 0 Å². The second-order valence-corrected chi connectivity index (χ2v) is 5.01. The van der Waals surface area contributed by atoms with Crippen LogP contribution in [0.2, 0.25) is 0 Å². The largest absolute Gasteiger partial charge is 0.363 e. The highest BCUT2D eigenvalue weighted by Gasteiger charge is 2.15. The lowest BCUT2D eigenvalue weighted by molar-refractivity contribution is 0.586. The number of hydrogen-bond donors (Lipinski definition) is 0. The average Bonchev–Trinajstić information content (AvgIpc) is 2.01. The van der Waals surface area contributed by atoms with Crippen molar-refractivity contribution in [3.8, 4) is 0 Å². The van der Waals surface area contributed by atoms with Gasteiger partial charge in [-0.1, -0.05) is 26.8 Å². The van der Waals surface area contributed by atoms with Crippen LogP contribution in [0.1, 0.15) is 31.9 Å². The maximum absolute atomic E-state index is 4.47. The predicted molar refractivity (Wildman–Crippen MR) is 62.0 cm³/mol. The second kappa shape index (κ2) is 3.60. The number of aromatic nitrogens is 1. The van der Waals surface area contributed by atoms with Crippen molar-refractivity contribution in [2.75, 3.05) is 19.0 Å². The van der Waals surface area contributed by atoms with E-state index >= 15 is 0 Å². The quantitative estimate of drug-likeness (QED) is 0.680. The zero-order valence-corrected chi connectivity index (χ0v) is 10.0. The SMILES string of the molecule is Cc1cc(C(C)(C)C)cnc1N(C)C. The Bertz CT molecular complexity index is 322. The van der Waals surface area contributed by atoms with Crippen LogP contribution >= 0.6 is 0 Å². The molecule has 0 radical (unpaired) electrons. The Hall–Kier alpha value is -1.05. The molecule has 1 heterocycles. The fourth-order valence-corrected chi connectivity index (χ4v) is 1.45. The van der Waals surface area contributed by atoms with Crippen LogP contribution < -0.4 is 4.90 Å². The van der Waals surface area contributed by atoms with E-state index in [0.29, 0.717) is 0 Å². The number of aryl methyl sites for hydroxylation is 1. The molecule has 0 bridgehead atoms. The first kappa shape index (κ1) is 11.0. The molecule has 1 aromatic heterocycles. The lowest BCUT2D eigenvalue weighted by atomic mass is 9.87. The molecule has 0 N–H and O–H groups in total. The molecule has 0 aliphatic heterocycles. The fraction of sp³-hybridized carbons (Fsp3) is 0.583. The third kappa shape index (κ3) is 2.25. The summed E-state index contributed by atoms with van der Waals surface area (Å²) in [5.41, 5.74) is 2.71. The summed E-state index contributed by atoms with van der Waals surface area (Å²) in [6, 6.07) is 2.22. The molecule has 78 valence electrons. The Morgan fingerprint density at radius 2 is 1.79 bits per heavy atom. The summed E-state index contributed by atoms with van der Waals surface area (Å²) in [6.07, 6.45) is 1.97. The highest BCUT2D eigenvalue weighted by molar-refractivity contribution is 5.46. The molecule has 0 aliphatic carbocycles. The minimum absolute atomic E-state index is 0.183. The number of anilines is 1. The number of pyridine rings is 1. The number of nitrogens with zero attached hydrogens (tertiary/aromatic N) is 2. The highest BCUT2D eigenvalue weighted by atomic mass is 15.1. The Balaban J connectivity index is 3.13. The summed E-state index contributed by atoms with van der Waals surface area (Å²) in [5, 5.41) is 0. The predicted octanol–water partition coefficient (Wildman–Crippen LogP) is 2.75. The molecule has 2 nitrogen and oxygen atoms in total. The van der Waals surface area contributed by atoms with Crippen LogP contribution in [0.4, 0.5) is 5.82 Å². The van der Waals surface area contributed by atoms with Crippen molar-refractivity contribution in [3.05, 3.63) is 23.4 Å². The van der Waals surface area contributed by atoms with Gasteiger partial charge in [-0.05, 0) is 23.5 Å². The van der Waals surface area contributed by atoms with Crippen LogP contribution in [0.3, 0.4) is 0 Å². The molecule has 0 spiro atoms. The van der Waals surface area contributed by atoms with E-state index < -0.39 is 0 Å². The summed E-state index contributed by atoms with van der Waals surface area (Å²) < 4.78 is 0. The molecule has 0 amide bonds. The van der Waals surface area contributed by atoms with Gasteiger partial charge in [0, 0.05) is 20.3 Å². The van der Waals surface area contributed by atoms with Gasteiger partial charge >= 0.3 is 0 Å². The molecular weight excluding hydrogens is 172 g/mol. The molecule has 0 saturated carbocycles. The van der Waals surface area contributed by atoms with Crippen molar-refractivity contribution in [3.63, 3.8) is 0 Å². The summed E-state index contributed by atoms with van der Waals surface area (Å²) >= 11 is 0. The minimum Gasteiger partial charge on any atom is -0.363 e. The third-order valence-electron chi connectivity index (χ3n) is 2.34. The van der Waals surface area contributed by atoms with E-state index in [4.69, 9.17) is 0 Å². The van der Waals surface area contributed by atoms with Crippen LogP contribution in [0.5, 0.6) is 0 Å². The maximum atomic E-state index is 4.47. The second-order valence-electron chi connectivity index (χ2n) is 5.01. The molecule has 14 heavy (non-hydrogen) atoms. The lowest BCUT2D eigenvalue weighted by Crippen LogP contribution is -2.16. The van der Waals surface area contributed by atoms with Gasteiger partial charge in [-0.3, -0.25) is 0 Å². The molecule has 1 aromatic rings. The van der Waals surface area contributed by atoms with Crippen molar-refractivity contribution in [2.24, 2.45) is 0 Å². The number of rotatable bonds is 1. The molecule has 0 aliphatic rings. The van der Waals surface area contributed by atoms with E-state index in [1.807, 2.05) is 25.2 Å². The van der Waals surface area contributed by atoms with Gasteiger partial charge in [0.15, 0.2) is 0 Å². The standard InChI is InChI=1S/C12H20N2/c1-9-7-10(12(2,3)4)8-13-11(9)14(5)6/h7-8H,1-6H3. The smallest absolute Gasteiger partial charge is 0.130 e.